The van der Waals surface area contributed by atoms with E-state index in [4.69, 9.17) is 0 Å². The standard InChI is InChI=1S/C18H28N2/c1-2-11-20(14-17-9-5-6-10-19-17)18-12-15-7-3-4-8-16(15)13-18/h3-4,7-8,17-19H,2,5-6,9-14H2,1H3. The zero-order valence-electron chi connectivity index (χ0n) is 12.8. The normalized spacial score (nSPS) is 23.2. The van der Waals surface area contributed by atoms with E-state index in [1.165, 1.54) is 58.2 Å². The summed E-state index contributed by atoms with van der Waals surface area (Å²) in [6, 6.07) is 10.5. The Bertz CT molecular complexity index is 398. The summed E-state index contributed by atoms with van der Waals surface area (Å²) < 4.78 is 0. The molecule has 2 heteroatoms. The molecule has 1 aromatic carbocycles. The van der Waals surface area contributed by atoms with Crippen molar-refractivity contribution >= 4 is 0 Å². The van der Waals surface area contributed by atoms with Crippen molar-refractivity contribution in [3.8, 4) is 0 Å². The quantitative estimate of drug-likeness (QED) is 0.886. The van der Waals surface area contributed by atoms with Crippen molar-refractivity contribution in [2.45, 2.75) is 57.5 Å². The van der Waals surface area contributed by atoms with Crippen molar-refractivity contribution in [1.82, 2.24) is 10.2 Å². The molecule has 1 aromatic rings. The number of nitrogens with one attached hydrogen (secondary N) is 1. The number of rotatable bonds is 5. The summed E-state index contributed by atoms with van der Waals surface area (Å²) in [7, 11) is 0. The topological polar surface area (TPSA) is 15.3 Å². The van der Waals surface area contributed by atoms with Gasteiger partial charge in [-0.1, -0.05) is 37.6 Å². The van der Waals surface area contributed by atoms with Gasteiger partial charge in [0.15, 0.2) is 0 Å². The van der Waals surface area contributed by atoms with Crippen LogP contribution in [0.2, 0.25) is 0 Å². The highest BCUT2D eigenvalue weighted by molar-refractivity contribution is 5.33. The van der Waals surface area contributed by atoms with E-state index in [-0.39, 0.29) is 0 Å². The molecule has 0 bridgehead atoms. The van der Waals surface area contributed by atoms with E-state index in [1.54, 1.807) is 11.1 Å². The third kappa shape index (κ3) is 3.24. The Hall–Kier alpha value is -0.860. The maximum atomic E-state index is 3.71. The Labute approximate surface area is 123 Å². The van der Waals surface area contributed by atoms with Gasteiger partial charge in [-0.05, 0) is 56.3 Å². The smallest absolute Gasteiger partial charge is 0.0195 e. The second kappa shape index (κ2) is 6.73. The van der Waals surface area contributed by atoms with Gasteiger partial charge < -0.3 is 5.32 Å². The van der Waals surface area contributed by atoms with Gasteiger partial charge in [-0.25, -0.2) is 0 Å². The number of hydrogen-bond acceptors (Lipinski definition) is 2. The van der Waals surface area contributed by atoms with Gasteiger partial charge in [-0.2, -0.15) is 0 Å². The summed E-state index contributed by atoms with van der Waals surface area (Å²) in [6.45, 7) is 6.02. The predicted octanol–water partition coefficient (Wildman–Crippen LogP) is 3.01. The summed E-state index contributed by atoms with van der Waals surface area (Å²) in [5.41, 5.74) is 3.16. The molecule has 1 aliphatic carbocycles. The van der Waals surface area contributed by atoms with Gasteiger partial charge >= 0.3 is 0 Å². The van der Waals surface area contributed by atoms with Crippen LogP contribution >= 0.6 is 0 Å². The number of piperidine rings is 1. The highest BCUT2D eigenvalue weighted by Gasteiger charge is 2.28. The lowest BCUT2D eigenvalue weighted by atomic mass is 10.0. The van der Waals surface area contributed by atoms with Crippen molar-refractivity contribution < 1.29 is 0 Å². The maximum Gasteiger partial charge on any atom is 0.0195 e. The summed E-state index contributed by atoms with van der Waals surface area (Å²) in [4.78, 5) is 2.75. The largest absolute Gasteiger partial charge is 0.313 e. The molecule has 1 fully saturated rings. The molecule has 3 rings (SSSR count). The molecule has 1 heterocycles. The third-order valence-corrected chi connectivity index (χ3v) is 4.92. The second-order valence-electron chi connectivity index (χ2n) is 6.47. The number of hydrogen-bond donors (Lipinski definition) is 1. The fraction of sp³-hybridized carbons (Fsp3) is 0.667. The first kappa shape index (κ1) is 14.1. The van der Waals surface area contributed by atoms with E-state index in [2.05, 4.69) is 41.4 Å². The van der Waals surface area contributed by atoms with Gasteiger partial charge in [0, 0.05) is 18.6 Å². The van der Waals surface area contributed by atoms with Crippen molar-refractivity contribution in [1.29, 1.82) is 0 Å². The molecule has 110 valence electrons. The minimum absolute atomic E-state index is 0.721. The van der Waals surface area contributed by atoms with Crippen molar-refractivity contribution in [3.63, 3.8) is 0 Å². The number of fused-ring (bicyclic) bond motifs is 1. The first-order chi connectivity index (χ1) is 9.86. The summed E-state index contributed by atoms with van der Waals surface area (Å²) in [5, 5.41) is 3.71. The van der Waals surface area contributed by atoms with Crippen LogP contribution in [0.5, 0.6) is 0 Å². The van der Waals surface area contributed by atoms with Crippen LogP contribution in [0.4, 0.5) is 0 Å². The zero-order chi connectivity index (χ0) is 13.8. The average Bonchev–Trinajstić information content (AvgIpc) is 2.92. The highest BCUT2D eigenvalue weighted by Crippen LogP contribution is 2.26. The molecule has 0 radical (unpaired) electrons. The molecular formula is C18H28N2. The van der Waals surface area contributed by atoms with Crippen LogP contribution in [-0.2, 0) is 12.8 Å². The first-order valence-electron chi connectivity index (χ1n) is 8.41. The molecule has 1 saturated heterocycles. The van der Waals surface area contributed by atoms with Gasteiger partial charge in [0.05, 0.1) is 0 Å². The molecule has 1 atom stereocenters. The van der Waals surface area contributed by atoms with Crippen molar-refractivity contribution in [3.05, 3.63) is 35.4 Å². The lowest BCUT2D eigenvalue weighted by Crippen LogP contribution is -2.47. The predicted molar refractivity (Wildman–Crippen MR) is 85.1 cm³/mol. The second-order valence-corrected chi connectivity index (χ2v) is 6.47. The Morgan fingerprint density at radius 2 is 1.90 bits per heavy atom. The summed E-state index contributed by atoms with van der Waals surface area (Å²) in [6.07, 6.45) is 7.90. The Morgan fingerprint density at radius 3 is 2.50 bits per heavy atom. The van der Waals surface area contributed by atoms with Gasteiger partial charge in [0.2, 0.25) is 0 Å². The van der Waals surface area contributed by atoms with Crippen LogP contribution in [0, 0.1) is 0 Å². The van der Waals surface area contributed by atoms with Gasteiger partial charge in [0.25, 0.3) is 0 Å². The van der Waals surface area contributed by atoms with Gasteiger partial charge in [-0.3, -0.25) is 4.90 Å². The molecule has 0 saturated carbocycles. The number of benzene rings is 1. The highest BCUT2D eigenvalue weighted by atomic mass is 15.2. The monoisotopic (exact) mass is 272 g/mol. The molecule has 2 aliphatic rings. The van der Waals surface area contributed by atoms with E-state index in [0.29, 0.717) is 0 Å². The molecule has 2 nitrogen and oxygen atoms in total. The molecule has 20 heavy (non-hydrogen) atoms. The van der Waals surface area contributed by atoms with Crippen LogP contribution in [0.3, 0.4) is 0 Å². The number of nitrogens with zero attached hydrogens (tertiary/aromatic N) is 1. The van der Waals surface area contributed by atoms with E-state index in [1.807, 2.05) is 0 Å². The molecule has 0 amide bonds. The Balaban J connectivity index is 1.62. The van der Waals surface area contributed by atoms with Crippen molar-refractivity contribution in [2.75, 3.05) is 19.6 Å². The zero-order valence-corrected chi connectivity index (χ0v) is 12.8. The van der Waals surface area contributed by atoms with Crippen molar-refractivity contribution in [2.24, 2.45) is 0 Å². The maximum absolute atomic E-state index is 3.71. The van der Waals surface area contributed by atoms with E-state index in [9.17, 15) is 0 Å². The molecule has 1 unspecified atom stereocenters. The fourth-order valence-corrected chi connectivity index (χ4v) is 3.87. The van der Waals surface area contributed by atoms with Gasteiger partial charge in [0.1, 0.15) is 0 Å². The Kier molecular flexibility index (Phi) is 4.74. The molecule has 0 spiro atoms. The van der Waals surface area contributed by atoms with Gasteiger partial charge in [-0.15, -0.1) is 0 Å². The lowest BCUT2D eigenvalue weighted by Gasteiger charge is -2.34. The van der Waals surface area contributed by atoms with E-state index in [0.717, 1.165) is 12.1 Å². The van der Waals surface area contributed by atoms with Crippen LogP contribution in [-0.4, -0.2) is 36.6 Å². The molecular weight excluding hydrogens is 244 g/mol. The van der Waals surface area contributed by atoms with Crippen LogP contribution in [0.1, 0.15) is 43.7 Å². The average molecular weight is 272 g/mol. The summed E-state index contributed by atoms with van der Waals surface area (Å²) in [5.74, 6) is 0. The third-order valence-electron chi connectivity index (χ3n) is 4.92. The SMILES string of the molecule is CCCN(CC1CCCCN1)C1Cc2ccccc2C1. The van der Waals surface area contributed by atoms with Crippen LogP contribution < -0.4 is 5.32 Å². The van der Waals surface area contributed by atoms with Crippen LogP contribution in [0.25, 0.3) is 0 Å². The summed E-state index contributed by atoms with van der Waals surface area (Å²) >= 11 is 0. The van der Waals surface area contributed by atoms with E-state index >= 15 is 0 Å². The fourth-order valence-electron chi connectivity index (χ4n) is 3.87. The first-order valence-corrected chi connectivity index (χ1v) is 8.41. The Morgan fingerprint density at radius 1 is 1.15 bits per heavy atom. The van der Waals surface area contributed by atoms with Crippen LogP contribution in [0.15, 0.2) is 24.3 Å². The molecule has 0 aromatic heterocycles. The molecule has 1 aliphatic heterocycles. The minimum atomic E-state index is 0.721. The molecule has 1 N–H and O–H groups in total. The van der Waals surface area contributed by atoms with E-state index < -0.39 is 0 Å². The minimum Gasteiger partial charge on any atom is -0.313 e. The lowest BCUT2D eigenvalue weighted by molar-refractivity contribution is 0.169.